The molecule has 72 valence electrons. The molecule has 0 aromatic heterocycles. The average Bonchev–Trinajstić information content (AvgIpc) is 2.45. The Morgan fingerprint density at radius 1 is 1.75 bits per heavy atom. The quantitative estimate of drug-likeness (QED) is 0.667. The summed E-state index contributed by atoms with van der Waals surface area (Å²) in [6, 6.07) is 0. The Morgan fingerprint density at radius 3 is 2.92 bits per heavy atom. The Balaban J connectivity index is 2.49. The molecule has 0 aliphatic carbocycles. The van der Waals surface area contributed by atoms with Crippen LogP contribution in [0.5, 0.6) is 0 Å². The fourth-order valence-corrected chi connectivity index (χ4v) is 2.93. The van der Waals surface area contributed by atoms with Gasteiger partial charge in [0, 0.05) is 11.8 Å². The van der Waals surface area contributed by atoms with E-state index < -0.39 is 0 Å². The van der Waals surface area contributed by atoms with Crippen molar-refractivity contribution in [3.63, 3.8) is 0 Å². The van der Waals surface area contributed by atoms with E-state index in [9.17, 15) is 0 Å². The molecule has 0 aromatic rings. The molecule has 3 N–H and O–H groups in total. The number of ether oxygens (including phenoxy) is 1. The zero-order valence-corrected chi connectivity index (χ0v) is 8.27. The lowest BCUT2D eigenvalue weighted by Crippen LogP contribution is -2.46. The number of thioether (sulfide) groups is 1. The highest BCUT2D eigenvalue weighted by Gasteiger charge is 2.40. The number of rotatable bonds is 4. The Morgan fingerprint density at radius 2 is 2.50 bits per heavy atom. The molecule has 1 aliphatic heterocycles. The summed E-state index contributed by atoms with van der Waals surface area (Å²) >= 11 is 1.89. The van der Waals surface area contributed by atoms with Crippen molar-refractivity contribution in [2.45, 2.75) is 24.2 Å². The van der Waals surface area contributed by atoms with Crippen LogP contribution < -0.4 is 5.73 Å². The van der Waals surface area contributed by atoms with Crippen molar-refractivity contribution in [2.75, 3.05) is 25.5 Å². The molecule has 1 fully saturated rings. The predicted octanol–water partition coefficient (Wildman–Crippen LogP) is 0.218. The van der Waals surface area contributed by atoms with Crippen LogP contribution in [0.15, 0.2) is 0 Å². The first-order valence-electron chi connectivity index (χ1n) is 4.31. The molecule has 0 bridgehead atoms. The van der Waals surface area contributed by atoms with Gasteiger partial charge in [-0.05, 0) is 12.2 Å². The second-order valence-electron chi connectivity index (χ2n) is 3.10. The Bertz CT molecular complexity index is 145. The van der Waals surface area contributed by atoms with E-state index in [2.05, 4.69) is 6.92 Å². The summed E-state index contributed by atoms with van der Waals surface area (Å²) in [6.45, 7) is 3.18. The fraction of sp³-hybridized carbons (Fsp3) is 1.00. The number of aliphatic hydroxyl groups is 1. The molecule has 12 heavy (non-hydrogen) atoms. The van der Waals surface area contributed by atoms with E-state index >= 15 is 0 Å². The average molecular weight is 191 g/mol. The second-order valence-corrected chi connectivity index (χ2v) is 4.55. The first-order valence-corrected chi connectivity index (χ1v) is 5.36. The van der Waals surface area contributed by atoms with Gasteiger partial charge in [-0.15, -0.1) is 0 Å². The largest absolute Gasteiger partial charge is 0.394 e. The molecule has 0 radical (unpaired) electrons. The third kappa shape index (κ3) is 1.93. The van der Waals surface area contributed by atoms with Gasteiger partial charge in [0.25, 0.3) is 0 Å². The summed E-state index contributed by atoms with van der Waals surface area (Å²) in [5, 5.41) is 9.10. The maximum absolute atomic E-state index is 8.65. The maximum Gasteiger partial charge on any atom is 0.0928 e. The van der Waals surface area contributed by atoms with Crippen molar-refractivity contribution < 1.29 is 9.84 Å². The minimum absolute atomic E-state index is 0.0825. The van der Waals surface area contributed by atoms with Crippen molar-refractivity contribution in [3.8, 4) is 0 Å². The van der Waals surface area contributed by atoms with Gasteiger partial charge in [0.15, 0.2) is 0 Å². The highest BCUT2D eigenvalue weighted by molar-refractivity contribution is 8.00. The third-order valence-corrected chi connectivity index (χ3v) is 3.83. The van der Waals surface area contributed by atoms with Gasteiger partial charge < -0.3 is 15.6 Å². The number of hydrogen-bond donors (Lipinski definition) is 2. The molecule has 2 unspecified atom stereocenters. The molecular formula is C8H17NO2S. The Kier molecular flexibility index (Phi) is 3.83. The Labute approximate surface area is 77.7 Å². The summed E-state index contributed by atoms with van der Waals surface area (Å²) in [7, 11) is 0. The molecule has 4 heteroatoms. The lowest BCUT2D eigenvalue weighted by Gasteiger charge is -2.31. The smallest absolute Gasteiger partial charge is 0.0928 e. The first kappa shape index (κ1) is 10.3. The van der Waals surface area contributed by atoms with E-state index in [0.717, 1.165) is 12.2 Å². The zero-order chi connectivity index (χ0) is 9.03. The van der Waals surface area contributed by atoms with E-state index in [0.29, 0.717) is 18.4 Å². The van der Waals surface area contributed by atoms with Crippen LogP contribution in [0.1, 0.15) is 13.3 Å². The van der Waals surface area contributed by atoms with Crippen LogP contribution >= 0.6 is 11.8 Å². The summed E-state index contributed by atoms with van der Waals surface area (Å²) in [5.74, 6) is 1.11. The van der Waals surface area contributed by atoms with Crippen LogP contribution in [0.4, 0.5) is 0 Å². The van der Waals surface area contributed by atoms with Gasteiger partial charge in [0.05, 0.1) is 18.8 Å². The Hall–Kier alpha value is 0.230. The summed E-state index contributed by atoms with van der Waals surface area (Å²) in [4.78, 5) is 0. The highest BCUT2D eigenvalue weighted by Crippen LogP contribution is 2.37. The van der Waals surface area contributed by atoms with E-state index in [1.165, 1.54) is 0 Å². The molecule has 0 saturated carbocycles. The van der Waals surface area contributed by atoms with E-state index in [4.69, 9.17) is 15.6 Å². The standard InChI is InChI=1S/C8H17NO2S/c1-7-8(6-9,2-5-12-7)11-4-3-10/h7,10H,2-6,9H2,1H3. The normalized spacial score (nSPS) is 35.8. The molecule has 1 saturated heterocycles. The van der Waals surface area contributed by atoms with Crippen LogP contribution in [-0.2, 0) is 4.74 Å². The van der Waals surface area contributed by atoms with E-state index in [1.807, 2.05) is 11.8 Å². The minimum Gasteiger partial charge on any atom is -0.394 e. The van der Waals surface area contributed by atoms with Gasteiger partial charge in [0.1, 0.15) is 0 Å². The van der Waals surface area contributed by atoms with Gasteiger partial charge in [0.2, 0.25) is 0 Å². The predicted molar refractivity (Wildman–Crippen MR) is 51.4 cm³/mol. The van der Waals surface area contributed by atoms with Crippen LogP contribution in [0, 0.1) is 0 Å². The minimum atomic E-state index is -0.173. The number of aliphatic hydroxyl groups excluding tert-OH is 1. The number of hydrogen-bond acceptors (Lipinski definition) is 4. The zero-order valence-electron chi connectivity index (χ0n) is 7.45. The molecule has 1 rings (SSSR count). The monoisotopic (exact) mass is 191 g/mol. The van der Waals surface area contributed by atoms with Crippen LogP contribution in [0.3, 0.4) is 0 Å². The second kappa shape index (κ2) is 4.46. The topological polar surface area (TPSA) is 55.5 Å². The van der Waals surface area contributed by atoms with Crippen LogP contribution in [0.2, 0.25) is 0 Å². The molecular weight excluding hydrogens is 174 g/mol. The van der Waals surface area contributed by atoms with E-state index in [1.54, 1.807) is 0 Å². The van der Waals surface area contributed by atoms with Gasteiger partial charge in [-0.3, -0.25) is 0 Å². The van der Waals surface area contributed by atoms with Crippen molar-refractivity contribution in [2.24, 2.45) is 5.73 Å². The first-order chi connectivity index (χ1) is 5.75. The molecule has 1 heterocycles. The van der Waals surface area contributed by atoms with Crippen LogP contribution in [-0.4, -0.2) is 41.5 Å². The lowest BCUT2D eigenvalue weighted by molar-refractivity contribution is -0.0477. The molecule has 0 amide bonds. The van der Waals surface area contributed by atoms with Gasteiger partial charge in [-0.1, -0.05) is 6.92 Å². The highest BCUT2D eigenvalue weighted by atomic mass is 32.2. The van der Waals surface area contributed by atoms with Gasteiger partial charge in [-0.2, -0.15) is 11.8 Å². The van der Waals surface area contributed by atoms with Crippen molar-refractivity contribution in [3.05, 3.63) is 0 Å². The summed E-state index contributed by atoms with van der Waals surface area (Å²) in [5.41, 5.74) is 5.51. The molecule has 0 aromatic carbocycles. The van der Waals surface area contributed by atoms with Gasteiger partial charge in [-0.25, -0.2) is 0 Å². The fourth-order valence-electron chi connectivity index (χ4n) is 1.53. The number of nitrogens with two attached hydrogens (primary N) is 1. The van der Waals surface area contributed by atoms with Gasteiger partial charge >= 0.3 is 0 Å². The third-order valence-electron chi connectivity index (χ3n) is 2.46. The maximum atomic E-state index is 8.65. The van der Waals surface area contributed by atoms with Crippen molar-refractivity contribution in [1.82, 2.24) is 0 Å². The molecule has 1 aliphatic rings. The van der Waals surface area contributed by atoms with E-state index in [-0.39, 0.29) is 12.2 Å². The summed E-state index contributed by atoms with van der Waals surface area (Å²) in [6.07, 6.45) is 1.01. The lowest BCUT2D eigenvalue weighted by atomic mass is 9.97. The molecule has 3 nitrogen and oxygen atoms in total. The molecule has 2 atom stereocenters. The molecule has 0 spiro atoms. The van der Waals surface area contributed by atoms with Crippen molar-refractivity contribution >= 4 is 11.8 Å². The van der Waals surface area contributed by atoms with Crippen molar-refractivity contribution in [1.29, 1.82) is 0 Å². The SMILES string of the molecule is CC1SCCC1(CN)OCCO. The van der Waals surface area contributed by atoms with Crippen LogP contribution in [0.25, 0.3) is 0 Å². The summed E-state index contributed by atoms with van der Waals surface area (Å²) < 4.78 is 5.61.